The van der Waals surface area contributed by atoms with Gasteiger partial charge in [-0.05, 0) is 0 Å². The fourth-order valence-electron chi connectivity index (χ4n) is 2.17. The van der Waals surface area contributed by atoms with Crippen molar-refractivity contribution < 1.29 is 4.74 Å². The molecule has 0 aromatic carbocycles. The van der Waals surface area contributed by atoms with Crippen molar-refractivity contribution in [3.05, 3.63) is 18.6 Å². The van der Waals surface area contributed by atoms with Crippen LogP contribution in [0.3, 0.4) is 0 Å². The first-order valence-corrected chi connectivity index (χ1v) is 7.92. The third-order valence-electron chi connectivity index (χ3n) is 3.37. The van der Waals surface area contributed by atoms with E-state index in [0.29, 0.717) is 0 Å². The Balaban J connectivity index is 1.58. The van der Waals surface area contributed by atoms with Crippen LogP contribution in [-0.4, -0.2) is 68.2 Å². The van der Waals surface area contributed by atoms with Crippen molar-refractivity contribution in [3.63, 3.8) is 0 Å². The molecule has 2 aromatic rings. The average molecular weight is 306 g/mol. The molecule has 1 fully saturated rings. The van der Waals surface area contributed by atoms with E-state index in [1.54, 1.807) is 30.4 Å². The summed E-state index contributed by atoms with van der Waals surface area (Å²) in [6, 6.07) is 0. The van der Waals surface area contributed by atoms with Crippen LogP contribution in [0.1, 0.15) is 0 Å². The maximum Gasteiger partial charge on any atom is 0.191 e. The SMILES string of the molecule is Cn1c(SCCN2CCOCC2)nnc1-c1cnccn1. The van der Waals surface area contributed by atoms with E-state index in [-0.39, 0.29) is 0 Å². The van der Waals surface area contributed by atoms with E-state index in [9.17, 15) is 0 Å². The van der Waals surface area contributed by atoms with E-state index >= 15 is 0 Å². The predicted octanol–water partition coefficient (Wildman–Crippen LogP) is 0.696. The molecule has 21 heavy (non-hydrogen) atoms. The Morgan fingerprint density at radius 2 is 2.10 bits per heavy atom. The molecular formula is C13H18N6OS. The standard InChI is InChI=1S/C13H18N6OS/c1-18-12(11-10-14-2-3-15-11)16-17-13(18)21-9-6-19-4-7-20-8-5-19/h2-3,10H,4-9H2,1H3. The Hall–Kier alpha value is -1.51. The molecule has 3 heterocycles. The summed E-state index contributed by atoms with van der Waals surface area (Å²) in [5, 5.41) is 9.35. The van der Waals surface area contributed by atoms with Gasteiger partial charge in [-0.15, -0.1) is 10.2 Å². The lowest BCUT2D eigenvalue weighted by molar-refractivity contribution is 0.0410. The number of hydrogen-bond acceptors (Lipinski definition) is 7. The van der Waals surface area contributed by atoms with Crippen molar-refractivity contribution in [1.82, 2.24) is 29.6 Å². The van der Waals surface area contributed by atoms with Crippen LogP contribution in [0.15, 0.2) is 23.7 Å². The van der Waals surface area contributed by atoms with Gasteiger partial charge in [-0.25, -0.2) is 4.98 Å². The number of thioether (sulfide) groups is 1. The molecule has 0 saturated carbocycles. The Morgan fingerprint density at radius 1 is 1.24 bits per heavy atom. The zero-order chi connectivity index (χ0) is 14.5. The summed E-state index contributed by atoms with van der Waals surface area (Å²) in [6.07, 6.45) is 5.01. The minimum Gasteiger partial charge on any atom is -0.379 e. The molecule has 0 aliphatic carbocycles. The highest BCUT2D eigenvalue weighted by Crippen LogP contribution is 2.20. The largest absolute Gasteiger partial charge is 0.379 e. The number of ether oxygens (including phenoxy) is 1. The van der Waals surface area contributed by atoms with Crippen LogP contribution in [0.25, 0.3) is 11.5 Å². The molecule has 0 N–H and O–H groups in total. The summed E-state index contributed by atoms with van der Waals surface area (Å²) in [4.78, 5) is 10.7. The van der Waals surface area contributed by atoms with Crippen LogP contribution in [0, 0.1) is 0 Å². The molecule has 1 aliphatic heterocycles. The van der Waals surface area contributed by atoms with Gasteiger partial charge in [-0.2, -0.15) is 0 Å². The summed E-state index contributed by atoms with van der Waals surface area (Å²) in [5.74, 6) is 1.74. The Kier molecular flexibility index (Phi) is 4.79. The van der Waals surface area contributed by atoms with Crippen LogP contribution in [0.2, 0.25) is 0 Å². The van der Waals surface area contributed by atoms with E-state index in [1.165, 1.54) is 0 Å². The van der Waals surface area contributed by atoms with Crippen molar-refractivity contribution in [2.24, 2.45) is 7.05 Å². The lowest BCUT2D eigenvalue weighted by Crippen LogP contribution is -2.37. The van der Waals surface area contributed by atoms with Crippen molar-refractivity contribution in [2.45, 2.75) is 5.16 Å². The zero-order valence-corrected chi connectivity index (χ0v) is 12.8. The molecule has 1 aliphatic rings. The van der Waals surface area contributed by atoms with E-state index in [2.05, 4.69) is 25.1 Å². The summed E-state index contributed by atoms with van der Waals surface area (Å²) < 4.78 is 7.31. The van der Waals surface area contributed by atoms with Crippen molar-refractivity contribution in [2.75, 3.05) is 38.6 Å². The molecule has 0 radical (unpaired) electrons. The van der Waals surface area contributed by atoms with Crippen LogP contribution in [-0.2, 0) is 11.8 Å². The van der Waals surface area contributed by atoms with Gasteiger partial charge in [0.25, 0.3) is 0 Å². The molecule has 0 bridgehead atoms. The number of morpholine rings is 1. The first kappa shape index (κ1) is 14.4. The van der Waals surface area contributed by atoms with Gasteiger partial charge in [0, 0.05) is 44.8 Å². The van der Waals surface area contributed by atoms with Crippen LogP contribution >= 0.6 is 11.8 Å². The van der Waals surface area contributed by atoms with Gasteiger partial charge in [0.1, 0.15) is 5.69 Å². The molecule has 0 unspecified atom stereocenters. The summed E-state index contributed by atoms with van der Waals surface area (Å²) >= 11 is 1.71. The summed E-state index contributed by atoms with van der Waals surface area (Å²) in [7, 11) is 1.96. The van der Waals surface area contributed by atoms with Crippen LogP contribution in [0.4, 0.5) is 0 Å². The summed E-state index contributed by atoms with van der Waals surface area (Å²) in [6.45, 7) is 4.76. The second-order valence-corrected chi connectivity index (χ2v) is 5.82. The smallest absolute Gasteiger partial charge is 0.191 e. The van der Waals surface area contributed by atoms with Crippen molar-refractivity contribution in [3.8, 4) is 11.5 Å². The average Bonchev–Trinajstić information content (AvgIpc) is 2.90. The highest BCUT2D eigenvalue weighted by Gasteiger charge is 2.14. The van der Waals surface area contributed by atoms with E-state index in [0.717, 1.165) is 55.3 Å². The monoisotopic (exact) mass is 306 g/mol. The number of nitrogens with zero attached hydrogens (tertiary/aromatic N) is 6. The maximum atomic E-state index is 5.35. The molecule has 0 atom stereocenters. The van der Waals surface area contributed by atoms with Crippen molar-refractivity contribution in [1.29, 1.82) is 0 Å². The third-order valence-corrected chi connectivity index (χ3v) is 4.37. The molecular weight excluding hydrogens is 288 g/mol. The van der Waals surface area contributed by atoms with E-state index < -0.39 is 0 Å². The van der Waals surface area contributed by atoms with Gasteiger partial charge in [0.15, 0.2) is 11.0 Å². The van der Waals surface area contributed by atoms with Gasteiger partial charge in [0.2, 0.25) is 0 Å². The first-order chi connectivity index (χ1) is 10.3. The maximum absolute atomic E-state index is 5.35. The molecule has 2 aromatic heterocycles. The highest BCUT2D eigenvalue weighted by molar-refractivity contribution is 7.99. The summed E-state index contributed by atoms with van der Waals surface area (Å²) in [5.41, 5.74) is 0.743. The lowest BCUT2D eigenvalue weighted by atomic mass is 10.4. The van der Waals surface area contributed by atoms with E-state index in [4.69, 9.17) is 4.74 Å². The fourth-order valence-corrected chi connectivity index (χ4v) is 3.08. The number of rotatable bonds is 5. The minimum absolute atomic E-state index is 0.743. The van der Waals surface area contributed by atoms with Gasteiger partial charge in [-0.1, -0.05) is 11.8 Å². The lowest BCUT2D eigenvalue weighted by Gasteiger charge is -2.26. The first-order valence-electron chi connectivity index (χ1n) is 6.93. The Labute approximate surface area is 127 Å². The molecule has 7 nitrogen and oxygen atoms in total. The topological polar surface area (TPSA) is 69.0 Å². The van der Waals surface area contributed by atoms with Gasteiger partial charge < -0.3 is 9.30 Å². The molecule has 112 valence electrons. The molecule has 8 heteroatoms. The van der Waals surface area contributed by atoms with Crippen LogP contribution < -0.4 is 0 Å². The molecule has 0 spiro atoms. The minimum atomic E-state index is 0.743. The Morgan fingerprint density at radius 3 is 2.86 bits per heavy atom. The molecule has 0 amide bonds. The van der Waals surface area contributed by atoms with Crippen LogP contribution in [0.5, 0.6) is 0 Å². The van der Waals surface area contributed by atoms with Gasteiger partial charge >= 0.3 is 0 Å². The molecule has 1 saturated heterocycles. The third kappa shape index (κ3) is 3.58. The van der Waals surface area contributed by atoms with Gasteiger partial charge in [-0.3, -0.25) is 9.88 Å². The Bertz CT molecular complexity index is 569. The number of aromatic nitrogens is 5. The van der Waals surface area contributed by atoms with Gasteiger partial charge in [0.05, 0.1) is 19.4 Å². The molecule has 3 rings (SSSR count). The number of hydrogen-bond donors (Lipinski definition) is 0. The highest BCUT2D eigenvalue weighted by atomic mass is 32.2. The zero-order valence-electron chi connectivity index (χ0n) is 12.0. The second-order valence-electron chi connectivity index (χ2n) is 4.76. The van der Waals surface area contributed by atoms with Crippen molar-refractivity contribution >= 4 is 11.8 Å². The fraction of sp³-hybridized carbons (Fsp3) is 0.538. The predicted molar refractivity (Wildman–Crippen MR) is 80.0 cm³/mol. The van der Waals surface area contributed by atoms with E-state index in [1.807, 2.05) is 11.6 Å². The second kappa shape index (κ2) is 6.97. The normalized spacial score (nSPS) is 16.2. The quantitative estimate of drug-likeness (QED) is 0.753.